The minimum atomic E-state index is -0.139. The molecule has 3 aromatic rings. The number of carbonyl (C=O) groups is 1. The Balaban J connectivity index is 1.63. The molecule has 1 aliphatic heterocycles. The zero-order valence-corrected chi connectivity index (χ0v) is 16.2. The van der Waals surface area contributed by atoms with Gasteiger partial charge >= 0.3 is 0 Å². The van der Waals surface area contributed by atoms with Crippen LogP contribution in [-0.2, 0) is 17.7 Å². The number of aryl methyl sites for hydroxylation is 1. The number of nitrogens with one attached hydrogen (secondary N) is 1. The summed E-state index contributed by atoms with van der Waals surface area (Å²) in [7, 11) is 0. The Bertz CT molecular complexity index is 1120. The van der Waals surface area contributed by atoms with Crippen LogP contribution in [0.3, 0.4) is 0 Å². The highest BCUT2D eigenvalue weighted by molar-refractivity contribution is 7.71. The maximum Gasteiger partial charge on any atom is 0.262 e. The van der Waals surface area contributed by atoms with Crippen LogP contribution in [0.5, 0.6) is 0 Å². The number of benzene rings is 2. The van der Waals surface area contributed by atoms with Crippen LogP contribution in [0.2, 0.25) is 0 Å². The molecule has 6 nitrogen and oxygen atoms in total. The van der Waals surface area contributed by atoms with Crippen LogP contribution in [0.4, 0.5) is 0 Å². The van der Waals surface area contributed by atoms with E-state index in [2.05, 4.69) is 4.98 Å². The molecule has 0 unspecified atom stereocenters. The van der Waals surface area contributed by atoms with Crippen molar-refractivity contribution in [1.82, 2.24) is 14.5 Å². The Morgan fingerprint density at radius 3 is 2.61 bits per heavy atom. The number of H-pyrrole nitrogens is 1. The fourth-order valence-corrected chi connectivity index (χ4v) is 3.71. The molecule has 144 valence electrons. The minimum Gasteiger partial charge on any atom is -0.378 e. The number of nitrogens with zero attached hydrogens (tertiary/aromatic N) is 2. The van der Waals surface area contributed by atoms with Gasteiger partial charge in [-0.05, 0) is 42.4 Å². The topological polar surface area (TPSA) is 67.3 Å². The van der Waals surface area contributed by atoms with E-state index in [9.17, 15) is 9.59 Å². The molecule has 0 radical (unpaired) electrons. The Labute approximate surface area is 167 Å². The van der Waals surface area contributed by atoms with Gasteiger partial charge in [0.25, 0.3) is 11.5 Å². The van der Waals surface area contributed by atoms with E-state index in [0.29, 0.717) is 54.1 Å². The highest BCUT2D eigenvalue weighted by atomic mass is 32.1. The molecular weight excluding hydrogens is 374 g/mol. The minimum absolute atomic E-state index is 0.0576. The number of hydrogen-bond acceptors (Lipinski definition) is 4. The lowest BCUT2D eigenvalue weighted by Crippen LogP contribution is -2.40. The van der Waals surface area contributed by atoms with E-state index in [-0.39, 0.29) is 11.5 Å². The molecule has 1 aromatic heterocycles. The number of amides is 1. The van der Waals surface area contributed by atoms with Gasteiger partial charge in [-0.3, -0.25) is 14.2 Å². The summed E-state index contributed by atoms with van der Waals surface area (Å²) < 4.78 is 7.24. The molecule has 4 rings (SSSR count). The lowest BCUT2D eigenvalue weighted by atomic mass is 10.1. The van der Waals surface area contributed by atoms with Gasteiger partial charge in [0.15, 0.2) is 4.77 Å². The third-order valence-electron chi connectivity index (χ3n) is 4.99. The fraction of sp³-hybridized carbons (Fsp3) is 0.286. The van der Waals surface area contributed by atoms with Crippen molar-refractivity contribution in [3.8, 4) is 0 Å². The summed E-state index contributed by atoms with van der Waals surface area (Å²) in [5.41, 5.74) is 2.14. The molecule has 0 atom stereocenters. The van der Waals surface area contributed by atoms with E-state index in [1.54, 1.807) is 27.7 Å². The fourth-order valence-electron chi connectivity index (χ4n) is 3.43. The van der Waals surface area contributed by atoms with Gasteiger partial charge in [-0.2, -0.15) is 0 Å². The van der Waals surface area contributed by atoms with Crippen LogP contribution in [-0.4, -0.2) is 46.7 Å². The van der Waals surface area contributed by atoms with E-state index in [0.717, 1.165) is 12.0 Å². The summed E-state index contributed by atoms with van der Waals surface area (Å²) >= 11 is 5.41. The first-order chi connectivity index (χ1) is 13.6. The average molecular weight is 395 g/mol. The van der Waals surface area contributed by atoms with E-state index >= 15 is 0 Å². The molecule has 0 spiro atoms. The molecule has 2 aromatic carbocycles. The lowest BCUT2D eigenvalue weighted by Gasteiger charge is -2.26. The molecule has 2 heterocycles. The van der Waals surface area contributed by atoms with Gasteiger partial charge in [0.2, 0.25) is 0 Å². The van der Waals surface area contributed by atoms with Crippen LogP contribution >= 0.6 is 12.2 Å². The molecule has 1 fully saturated rings. The van der Waals surface area contributed by atoms with Crippen molar-refractivity contribution in [3.63, 3.8) is 0 Å². The van der Waals surface area contributed by atoms with Crippen molar-refractivity contribution in [3.05, 3.63) is 74.8 Å². The predicted octanol–water partition coefficient (Wildman–Crippen LogP) is 2.77. The second-order valence-corrected chi connectivity index (χ2v) is 7.17. The molecule has 1 saturated heterocycles. The monoisotopic (exact) mass is 395 g/mol. The van der Waals surface area contributed by atoms with Gasteiger partial charge in [0, 0.05) is 25.2 Å². The second-order valence-electron chi connectivity index (χ2n) is 6.79. The van der Waals surface area contributed by atoms with E-state index in [1.165, 1.54) is 0 Å². The number of hydrogen-bond donors (Lipinski definition) is 1. The molecule has 1 amide bonds. The summed E-state index contributed by atoms with van der Waals surface area (Å²) in [5, 5.41) is 0.528. The van der Waals surface area contributed by atoms with E-state index in [4.69, 9.17) is 17.0 Å². The van der Waals surface area contributed by atoms with Crippen LogP contribution < -0.4 is 5.56 Å². The van der Waals surface area contributed by atoms with Crippen molar-refractivity contribution in [2.75, 3.05) is 26.3 Å². The molecule has 1 N–H and O–H groups in total. The number of aromatic nitrogens is 2. The molecular formula is C21H21N3O3S. The zero-order valence-electron chi connectivity index (χ0n) is 15.4. The second kappa shape index (κ2) is 8.08. The zero-order chi connectivity index (χ0) is 19.5. The van der Waals surface area contributed by atoms with Gasteiger partial charge in [0.1, 0.15) is 0 Å². The Hall–Kier alpha value is -2.77. The summed E-state index contributed by atoms with van der Waals surface area (Å²) in [6.45, 7) is 2.76. The van der Waals surface area contributed by atoms with Gasteiger partial charge in [-0.1, -0.05) is 30.3 Å². The number of aromatic amines is 1. The average Bonchev–Trinajstić information content (AvgIpc) is 2.74. The van der Waals surface area contributed by atoms with Crippen molar-refractivity contribution < 1.29 is 9.53 Å². The van der Waals surface area contributed by atoms with E-state index < -0.39 is 0 Å². The van der Waals surface area contributed by atoms with Crippen molar-refractivity contribution in [1.29, 1.82) is 0 Å². The highest BCUT2D eigenvalue weighted by Gasteiger charge is 2.19. The van der Waals surface area contributed by atoms with Crippen LogP contribution in [0.1, 0.15) is 15.9 Å². The largest absolute Gasteiger partial charge is 0.378 e. The number of ether oxygens (including phenoxy) is 1. The smallest absolute Gasteiger partial charge is 0.262 e. The lowest BCUT2D eigenvalue weighted by molar-refractivity contribution is 0.0303. The Kier molecular flexibility index (Phi) is 5.36. The van der Waals surface area contributed by atoms with Gasteiger partial charge < -0.3 is 14.6 Å². The standard InChI is InChI=1S/C21H21N3O3S/c25-19(23-10-12-27-13-11-23)16-6-7-17-18(14-16)22-21(28)24(20(17)26)9-8-15-4-2-1-3-5-15/h1-7,14H,8-13H2,(H,22,28). The Morgan fingerprint density at radius 1 is 1.11 bits per heavy atom. The number of carbonyl (C=O) groups excluding carboxylic acids is 1. The SMILES string of the molecule is O=C(c1ccc2c(=O)n(CCc3ccccc3)c(=S)[nH]c2c1)N1CCOCC1. The first-order valence-corrected chi connectivity index (χ1v) is 9.72. The van der Waals surface area contributed by atoms with Crippen molar-refractivity contribution in [2.24, 2.45) is 0 Å². The Morgan fingerprint density at radius 2 is 1.86 bits per heavy atom. The maximum atomic E-state index is 12.9. The summed E-state index contributed by atoms with van der Waals surface area (Å²) in [6, 6.07) is 15.1. The summed E-state index contributed by atoms with van der Waals surface area (Å²) in [4.78, 5) is 30.5. The normalized spacial score (nSPS) is 14.4. The quantitative estimate of drug-likeness (QED) is 0.690. The molecule has 0 aliphatic carbocycles. The molecule has 7 heteroatoms. The summed E-state index contributed by atoms with van der Waals surface area (Å²) in [5.74, 6) is -0.0576. The van der Waals surface area contributed by atoms with Gasteiger partial charge in [-0.25, -0.2) is 0 Å². The predicted molar refractivity (Wildman–Crippen MR) is 110 cm³/mol. The number of morpholine rings is 1. The van der Waals surface area contributed by atoms with E-state index in [1.807, 2.05) is 30.3 Å². The van der Waals surface area contributed by atoms with Gasteiger partial charge in [0.05, 0.1) is 24.1 Å². The summed E-state index contributed by atoms with van der Waals surface area (Å²) in [6.07, 6.45) is 0.720. The number of rotatable bonds is 4. The maximum absolute atomic E-state index is 12.9. The van der Waals surface area contributed by atoms with Crippen LogP contribution in [0.25, 0.3) is 10.9 Å². The van der Waals surface area contributed by atoms with Crippen molar-refractivity contribution in [2.45, 2.75) is 13.0 Å². The van der Waals surface area contributed by atoms with Crippen molar-refractivity contribution >= 4 is 29.0 Å². The van der Waals surface area contributed by atoms with Crippen LogP contribution in [0, 0.1) is 4.77 Å². The third kappa shape index (κ3) is 3.76. The first kappa shape index (κ1) is 18.6. The molecule has 28 heavy (non-hydrogen) atoms. The van der Waals surface area contributed by atoms with Gasteiger partial charge in [-0.15, -0.1) is 0 Å². The number of fused-ring (bicyclic) bond motifs is 1. The third-order valence-corrected chi connectivity index (χ3v) is 5.32. The molecule has 0 bridgehead atoms. The van der Waals surface area contributed by atoms with Crippen LogP contribution in [0.15, 0.2) is 53.3 Å². The molecule has 0 saturated carbocycles. The molecule has 1 aliphatic rings. The highest BCUT2D eigenvalue weighted by Crippen LogP contribution is 2.14. The first-order valence-electron chi connectivity index (χ1n) is 9.31.